The minimum absolute atomic E-state index is 1.05. The van der Waals surface area contributed by atoms with Gasteiger partial charge >= 0.3 is 0 Å². The van der Waals surface area contributed by atoms with E-state index in [9.17, 15) is 0 Å². The van der Waals surface area contributed by atoms with Crippen molar-refractivity contribution in [3.05, 3.63) is 76.8 Å². The van der Waals surface area contributed by atoms with Crippen molar-refractivity contribution in [2.75, 3.05) is 0 Å². The van der Waals surface area contributed by atoms with E-state index in [1.807, 2.05) is 0 Å². The molecule has 0 aliphatic rings. The lowest BCUT2D eigenvalue weighted by Gasteiger charge is -2.12. The zero-order valence-electron chi connectivity index (χ0n) is 15.0. The van der Waals surface area contributed by atoms with Crippen LogP contribution in [-0.4, -0.2) is 4.98 Å². The second-order valence-corrected chi connectivity index (χ2v) is 7.77. The Balaban J connectivity index is 1.86. The summed E-state index contributed by atoms with van der Waals surface area (Å²) in [5.41, 5.74) is 4.73. The molecule has 1 heterocycles. The highest BCUT2D eigenvalue weighted by atomic mass is 79.9. The van der Waals surface area contributed by atoms with Gasteiger partial charge in [-0.05, 0) is 59.5 Å². The van der Waals surface area contributed by atoms with E-state index in [0.29, 0.717) is 0 Å². The maximum Gasteiger partial charge on any atom is 0.0741 e. The highest BCUT2D eigenvalue weighted by molar-refractivity contribution is 9.10. The molecule has 0 fully saturated rings. The first-order chi connectivity index (χ1) is 12.7. The number of unbranched alkanes of at least 4 members (excludes halogenated alkanes) is 2. The van der Waals surface area contributed by atoms with Gasteiger partial charge in [0.2, 0.25) is 0 Å². The molecule has 0 aliphatic carbocycles. The molecule has 4 aromatic rings. The van der Waals surface area contributed by atoms with Crippen molar-refractivity contribution in [1.29, 1.82) is 0 Å². The van der Waals surface area contributed by atoms with Gasteiger partial charge in [0.1, 0.15) is 0 Å². The fourth-order valence-corrected chi connectivity index (χ4v) is 3.91. The summed E-state index contributed by atoms with van der Waals surface area (Å²) in [6.07, 6.45) is 4.77. The molecule has 1 nitrogen and oxygen atoms in total. The average Bonchev–Trinajstić information content (AvgIpc) is 2.67. The fourth-order valence-electron chi connectivity index (χ4n) is 3.53. The number of aromatic nitrogens is 1. The summed E-state index contributed by atoms with van der Waals surface area (Å²) in [5.74, 6) is 0. The zero-order valence-corrected chi connectivity index (χ0v) is 16.6. The summed E-state index contributed by atoms with van der Waals surface area (Å²) in [6.45, 7) is 2.25. The average molecular weight is 404 g/mol. The maximum absolute atomic E-state index is 5.05. The standard InChI is InChI=1S/C24H22BrN/c1-2-3-4-9-19-15-21-16-22(25)12-13-23(21)26-24(19)20-11-10-17-7-5-6-8-18(17)14-20/h5-8,10-16H,2-4,9H2,1H3. The number of benzene rings is 3. The van der Waals surface area contributed by atoms with Gasteiger partial charge < -0.3 is 0 Å². The number of halogens is 1. The molecule has 0 amide bonds. The Labute approximate surface area is 163 Å². The Morgan fingerprint density at radius 2 is 1.65 bits per heavy atom. The van der Waals surface area contributed by atoms with E-state index in [2.05, 4.69) is 89.6 Å². The smallest absolute Gasteiger partial charge is 0.0741 e. The summed E-state index contributed by atoms with van der Waals surface area (Å²) < 4.78 is 1.10. The van der Waals surface area contributed by atoms with Crippen LogP contribution in [0.15, 0.2) is 71.2 Å². The van der Waals surface area contributed by atoms with Crippen molar-refractivity contribution in [3.63, 3.8) is 0 Å². The predicted octanol–water partition coefficient (Wildman–Crippen LogP) is 7.55. The van der Waals surface area contributed by atoms with E-state index in [4.69, 9.17) is 4.98 Å². The van der Waals surface area contributed by atoms with Crippen molar-refractivity contribution >= 4 is 37.6 Å². The molecular weight excluding hydrogens is 382 g/mol. The number of pyridine rings is 1. The van der Waals surface area contributed by atoms with Crippen LogP contribution in [0.25, 0.3) is 32.9 Å². The van der Waals surface area contributed by atoms with E-state index in [0.717, 1.165) is 22.1 Å². The molecule has 0 N–H and O–H groups in total. The molecule has 0 spiro atoms. The molecule has 0 aliphatic heterocycles. The highest BCUT2D eigenvalue weighted by Gasteiger charge is 2.10. The number of aryl methyl sites for hydroxylation is 1. The molecule has 0 saturated heterocycles. The third-order valence-electron chi connectivity index (χ3n) is 4.93. The number of fused-ring (bicyclic) bond motifs is 2. The van der Waals surface area contributed by atoms with Gasteiger partial charge in [-0.3, -0.25) is 0 Å². The van der Waals surface area contributed by atoms with Gasteiger partial charge in [0.15, 0.2) is 0 Å². The Kier molecular flexibility index (Phi) is 5.03. The van der Waals surface area contributed by atoms with Crippen LogP contribution in [0.2, 0.25) is 0 Å². The van der Waals surface area contributed by atoms with E-state index in [1.54, 1.807) is 0 Å². The number of hydrogen-bond donors (Lipinski definition) is 0. The Hall–Kier alpha value is -2.19. The first kappa shape index (κ1) is 17.2. The third kappa shape index (κ3) is 3.52. The van der Waals surface area contributed by atoms with Crippen LogP contribution in [0.4, 0.5) is 0 Å². The van der Waals surface area contributed by atoms with Gasteiger partial charge in [0.25, 0.3) is 0 Å². The van der Waals surface area contributed by atoms with Crippen LogP contribution in [0.1, 0.15) is 31.7 Å². The van der Waals surface area contributed by atoms with Crippen LogP contribution in [0.3, 0.4) is 0 Å². The largest absolute Gasteiger partial charge is 0.248 e. The summed E-state index contributed by atoms with van der Waals surface area (Å²) in [6, 6.07) is 23.8. The first-order valence-corrected chi connectivity index (χ1v) is 10.1. The van der Waals surface area contributed by atoms with Crippen molar-refractivity contribution < 1.29 is 0 Å². The second-order valence-electron chi connectivity index (χ2n) is 6.85. The second kappa shape index (κ2) is 7.59. The molecule has 0 atom stereocenters. The van der Waals surface area contributed by atoms with Crippen LogP contribution < -0.4 is 0 Å². The topological polar surface area (TPSA) is 12.9 Å². The van der Waals surface area contributed by atoms with Crippen molar-refractivity contribution in [2.45, 2.75) is 32.6 Å². The minimum Gasteiger partial charge on any atom is -0.248 e. The SMILES string of the molecule is CCCCCc1cc2cc(Br)ccc2nc1-c1ccc2ccccc2c1. The lowest BCUT2D eigenvalue weighted by Crippen LogP contribution is -1.96. The van der Waals surface area contributed by atoms with E-state index in [1.165, 1.54) is 46.5 Å². The molecule has 0 bridgehead atoms. The van der Waals surface area contributed by atoms with Crippen LogP contribution in [-0.2, 0) is 6.42 Å². The van der Waals surface area contributed by atoms with Crippen LogP contribution in [0, 0.1) is 0 Å². The Bertz CT molecular complexity index is 1070. The van der Waals surface area contributed by atoms with E-state index < -0.39 is 0 Å². The predicted molar refractivity (Wildman–Crippen MR) is 116 cm³/mol. The van der Waals surface area contributed by atoms with Gasteiger partial charge in [-0.25, -0.2) is 4.98 Å². The molecule has 130 valence electrons. The fraction of sp³-hybridized carbons (Fsp3) is 0.208. The Morgan fingerprint density at radius 3 is 2.50 bits per heavy atom. The Morgan fingerprint density at radius 1 is 0.808 bits per heavy atom. The van der Waals surface area contributed by atoms with Gasteiger partial charge in [0.05, 0.1) is 11.2 Å². The minimum atomic E-state index is 1.05. The molecule has 3 aromatic carbocycles. The zero-order chi connectivity index (χ0) is 17.9. The number of nitrogens with zero attached hydrogens (tertiary/aromatic N) is 1. The quantitative estimate of drug-likeness (QED) is 0.313. The van der Waals surface area contributed by atoms with Gasteiger partial charge in [-0.15, -0.1) is 0 Å². The number of hydrogen-bond acceptors (Lipinski definition) is 1. The summed E-state index contributed by atoms with van der Waals surface area (Å²) in [7, 11) is 0. The summed E-state index contributed by atoms with van der Waals surface area (Å²) in [4.78, 5) is 5.05. The van der Waals surface area contributed by atoms with Crippen LogP contribution >= 0.6 is 15.9 Å². The highest BCUT2D eigenvalue weighted by Crippen LogP contribution is 2.30. The van der Waals surface area contributed by atoms with Crippen molar-refractivity contribution in [3.8, 4) is 11.3 Å². The van der Waals surface area contributed by atoms with Gasteiger partial charge in [-0.2, -0.15) is 0 Å². The lowest BCUT2D eigenvalue weighted by molar-refractivity contribution is 0.717. The van der Waals surface area contributed by atoms with E-state index >= 15 is 0 Å². The summed E-state index contributed by atoms with van der Waals surface area (Å²) in [5, 5.41) is 3.74. The molecule has 0 unspecified atom stereocenters. The molecule has 0 radical (unpaired) electrons. The first-order valence-electron chi connectivity index (χ1n) is 9.33. The van der Waals surface area contributed by atoms with Crippen LogP contribution in [0.5, 0.6) is 0 Å². The molecule has 0 saturated carbocycles. The summed E-state index contributed by atoms with van der Waals surface area (Å²) >= 11 is 3.58. The third-order valence-corrected chi connectivity index (χ3v) is 5.42. The molecule has 26 heavy (non-hydrogen) atoms. The lowest BCUT2D eigenvalue weighted by atomic mass is 9.97. The van der Waals surface area contributed by atoms with Gasteiger partial charge in [0, 0.05) is 15.4 Å². The maximum atomic E-state index is 5.05. The normalized spacial score (nSPS) is 11.3. The molecule has 1 aromatic heterocycles. The molecular formula is C24H22BrN. The van der Waals surface area contributed by atoms with Crippen molar-refractivity contribution in [2.24, 2.45) is 0 Å². The van der Waals surface area contributed by atoms with E-state index in [-0.39, 0.29) is 0 Å². The molecule has 4 rings (SSSR count). The number of rotatable bonds is 5. The monoisotopic (exact) mass is 403 g/mol. The van der Waals surface area contributed by atoms with Crippen molar-refractivity contribution in [1.82, 2.24) is 4.98 Å². The van der Waals surface area contributed by atoms with Gasteiger partial charge in [-0.1, -0.05) is 72.1 Å². The molecule has 2 heteroatoms.